The van der Waals surface area contributed by atoms with Gasteiger partial charge in [0.2, 0.25) is 0 Å². The van der Waals surface area contributed by atoms with Crippen LogP contribution in [0.3, 0.4) is 0 Å². The van der Waals surface area contributed by atoms with Gasteiger partial charge in [0.25, 0.3) is 0 Å². The Balaban J connectivity index is 1.93. The summed E-state index contributed by atoms with van der Waals surface area (Å²) < 4.78 is 9.84. The topological polar surface area (TPSA) is 86.3 Å². The number of benzene rings is 1. The largest absolute Gasteiger partial charge is 0.461 e. The number of pyridine rings is 1. The highest BCUT2D eigenvalue weighted by Gasteiger charge is 2.31. The first kappa shape index (κ1) is 24.2. The summed E-state index contributed by atoms with van der Waals surface area (Å²) in [5.74, 6) is 0.312. The molecular weight excluding hydrogens is 520 g/mol. The second-order valence-electron chi connectivity index (χ2n) is 8.28. The molecule has 0 saturated carbocycles. The van der Waals surface area contributed by atoms with Crippen LogP contribution in [0.2, 0.25) is 5.02 Å². The van der Waals surface area contributed by atoms with Crippen LogP contribution in [0.15, 0.2) is 41.3 Å². The molecule has 3 heterocycles. The number of imidazole rings is 1. The van der Waals surface area contributed by atoms with Crippen LogP contribution in [-0.4, -0.2) is 36.7 Å². The smallest absolute Gasteiger partial charge is 0.358 e. The molecule has 1 atom stereocenters. The van der Waals surface area contributed by atoms with E-state index >= 15 is 0 Å². The molecule has 1 unspecified atom stereocenters. The van der Waals surface area contributed by atoms with Gasteiger partial charge in [-0.05, 0) is 79.9 Å². The van der Waals surface area contributed by atoms with Gasteiger partial charge in [-0.15, -0.1) is 10.2 Å². The zero-order chi connectivity index (χ0) is 24.6. The number of esters is 1. The molecule has 178 valence electrons. The van der Waals surface area contributed by atoms with Crippen molar-refractivity contribution >= 4 is 44.8 Å². The number of aromatic nitrogens is 5. The number of fused-ring (bicyclic) bond motifs is 1. The van der Waals surface area contributed by atoms with Gasteiger partial charge in [0.05, 0.1) is 24.0 Å². The molecule has 34 heavy (non-hydrogen) atoms. The standard InChI is InChI=1S/C24H26BrClN6O2/c1-6-34-23(33)20-21(32(13(2)3)24(25)28-20)19(16-7-9-17(26)10-8-16)27-18-11-14(4)22-30-29-15(5)31(22)12-18/h7-13,19,27H,6H2,1-5H3. The Labute approximate surface area is 211 Å². The van der Waals surface area contributed by atoms with Crippen molar-refractivity contribution in [1.82, 2.24) is 24.1 Å². The normalized spacial score (nSPS) is 12.4. The fourth-order valence-corrected chi connectivity index (χ4v) is 4.91. The van der Waals surface area contributed by atoms with Gasteiger partial charge in [0.1, 0.15) is 5.82 Å². The van der Waals surface area contributed by atoms with E-state index in [1.54, 1.807) is 6.92 Å². The number of carbonyl (C=O) groups excluding carboxylic acids is 1. The number of nitrogens with zero attached hydrogens (tertiary/aromatic N) is 5. The van der Waals surface area contributed by atoms with Gasteiger partial charge in [-0.1, -0.05) is 23.7 Å². The van der Waals surface area contributed by atoms with Crippen molar-refractivity contribution in [3.05, 3.63) is 74.6 Å². The molecule has 0 saturated heterocycles. The van der Waals surface area contributed by atoms with E-state index in [2.05, 4.69) is 36.4 Å². The fraction of sp³-hybridized carbons (Fsp3) is 0.333. The molecular formula is C24H26BrClN6O2. The summed E-state index contributed by atoms with van der Waals surface area (Å²) in [4.78, 5) is 17.5. The van der Waals surface area contributed by atoms with Crippen molar-refractivity contribution in [2.75, 3.05) is 11.9 Å². The molecule has 1 N–H and O–H groups in total. The van der Waals surface area contributed by atoms with Crippen LogP contribution < -0.4 is 5.32 Å². The van der Waals surface area contributed by atoms with Crippen molar-refractivity contribution < 1.29 is 9.53 Å². The zero-order valence-corrected chi connectivity index (χ0v) is 22.0. The molecule has 0 amide bonds. The molecule has 0 fully saturated rings. The summed E-state index contributed by atoms with van der Waals surface area (Å²) in [5, 5.41) is 12.7. The molecule has 0 radical (unpaired) electrons. The number of hydrogen-bond donors (Lipinski definition) is 1. The van der Waals surface area contributed by atoms with E-state index < -0.39 is 12.0 Å². The van der Waals surface area contributed by atoms with Crippen LogP contribution in [0.1, 0.15) is 66.0 Å². The molecule has 4 aromatic rings. The minimum Gasteiger partial charge on any atom is -0.461 e. The van der Waals surface area contributed by atoms with E-state index in [9.17, 15) is 4.79 Å². The number of halogens is 2. The maximum atomic E-state index is 12.9. The van der Waals surface area contributed by atoms with E-state index in [4.69, 9.17) is 16.3 Å². The molecule has 0 spiro atoms. The summed E-state index contributed by atoms with van der Waals surface area (Å²) in [7, 11) is 0. The van der Waals surface area contributed by atoms with Gasteiger partial charge in [-0.2, -0.15) is 0 Å². The fourth-order valence-electron chi connectivity index (χ4n) is 4.01. The van der Waals surface area contributed by atoms with Gasteiger partial charge < -0.3 is 14.6 Å². The van der Waals surface area contributed by atoms with Crippen molar-refractivity contribution in [1.29, 1.82) is 0 Å². The van der Waals surface area contributed by atoms with Crippen molar-refractivity contribution in [3.8, 4) is 0 Å². The number of anilines is 1. The Morgan fingerprint density at radius 3 is 2.56 bits per heavy atom. The molecule has 8 nitrogen and oxygen atoms in total. The lowest BCUT2D eigenvalue weighted by Crippen LogP contribution is -2.22. The number of rotatable bonds is 7. The Morgan fingerprint density at radius 2 is 1.91 bits per heavy atom. The van der Waals surface area contributed by atoms with Crippen molar-refractivity contribution in [3.63, 3.8) is 0 Å². The number of carbonyl (C=O) groups is 1. The van der Waals surface area contributed by atoms with Crippen LogP contribution in [0.5, 0.6) is 0 Å². The predicted molar refractivity (Wildman–Crippen MR) is 136 cm³/mol. The third kappa shape index (κ3) is 4.54. The summed E-state index contributed by atoms with van der Waals surface area (Å²) in [6.07, 6.45) is 1.95. The van der Waals surface area contributed by atoms with Crippen molar-refractivity contribution in [2.45, 2.75) is 46.7 Å². The van der Waals surface area contributed by atoms with Crippen LogP contribution in [0.4, 0.5) is 5.69 Å². The first-order valence-electron chi connectivity index (χ1n) is 11.0. The predicted octanol–water partition coefficient (Wildman–Crippen LogP) is 5.92. The van der Waals surface area contributed by atoms with E-state index in [0.29, 0.717) is 15.5 Å². The third-order valence-electron chi connectivity index (χ3n) is 5.54. The SMILES string of the molecule is CCOC(=O)c1nc(Br)n(C(C)C)c1C(Nc1cc(C)c2nnc(C)n2c1)c1ccc(Cl)cc1. The van der Waals surface area contributed by atoms with Crippen LogP contribution in [0.25, 0.3) is 5.65 Å². The van der Waals surface area contributed by atoms with E-state index in [1.165, 1.54) is 0 Å². The van der Waals surface area contributed by atoms with Crippen LogP contribution in [0, 0.1) is 13.8 Å². The molecule has 0 aliphatic heterocycles. The first-order valence-corrected chi connectivity index (χ1v) is 12.2. The Hall–Kier alpha value is -2.91. The second-order valence-corrected chi connectivity index (χ2v) is 9.43. The van der Waals surface area contributed by atoms with E-state index in [0.717, 1.165) is 28.3 Å². The first-order chi connectivity index (χ1) is 16.2. The lowest BCUT2D eigenvalue weighted by Gasteiger charge is -2.25. The highest BCUT2D eigenvalue weighted by molar-refractivity contribution is 9.10. The highest BCUT2D eigenvalue weighted by Crippen LogP contribution is 2.35. The monoisotopic (exact) mass is 544 g/mol. The number of nitrogens with one attached hydrogen (secondary N) is 1. The summed E-state index contributed by atoms with van der Waals surface area (Å²) in [5.41, 5.74) is 4.49. The van der Waals surface area contributed by atoms with Gasteiger partial charge in [-0.25, -0.2) is 9.78 Å². The average Bonchev–Trinajstić information content (AvgIpc) is 3.33. The molecule has 4 rings (SSSR count). The second kappa shape index (κ2) is 9.76. The maximum Gasteiger partial charge on any atom is 0.358 e. The Bertz CT molecular complexity index is 1350. The van der Waals surface area contributed by atoms with Gasteiger partial charge >= 0.3 is 5.97 Å². The maximum absolute atomic E-state index is 12.9. The van der Waals surface area contributed by atoms with E-state index in [1.807, 2.05) is 73.2 Å². The van der Waals surface area contributed by atoms with Crippen LogP contribution in [-0.2, 0) is 4.74 Å². The average molecular weight is 546 g/mol. The summed E-state index contributed by atoms with van der Waals surface area (Å²) in [6.45, 7) is 10.0. The number of aryl methyl sites for hydroxylation is 2. The lowest BCUT2D eigenvalue weighted by atomic mass is 10.0. The van der Waals surface area contributed by atoms with Gasteiger partial charge in [-0.3, -0.25) is 4.40 Å². The quantitative estimate of drug-likeness (QED) is 0.290. The molecule has 3 aromatic heterocycles. The van der Waals surface area contributed by atoms with Gasteiger partial charge in [0.15, 0.2) is 16.1 Å². The zero-order valence-electron chi connectivity index (χ0n) is 19.6. The highest BCUT2D eigenvalue weighted by atomic mass is 79.9. The lowest BCUT2D eigenvalue weighted by molar-refractivity contribution is 0.0518. The summed E-state index contributed by atoms with van der Waals surface area (Å²) in [6, 6.07) is 9.17. The molecule has 10 heteroatoms. The number of ether oxygens (including phenoxy) is 1. The molecule has 1 aromatic carbocycles. The van der Waals surface area contributed by atoms with Crippen LogP contribution >= 0.6 is 27.5 Å². The number of hydrogen-bond acceptors (Lipinski definition) is 6. The van der Waals surface area contributed by atoms with Gasteiger partial charge in [0, 0.05) is 17.3 Å². The molecule has 0 aliphatic rings. The van der Waals surface area contributed by atoms with Crippen molar-refractivity contribution in [2.24, 2.45) is 0 Å². The molecule has 0 bridgehead atoms. The third-order valence-corrected chi connectivity index (χ3v) is 6.35. The molecule has 0 aliphatic carbocycles. The van der Waals surface area contributed by atoms with E-state index in [-0.39, 0.29) is 18.3 Å². The minimum atomic E-state index is -0.473. The Kier molecular flexibility index (Phi) is 6.95. The minimum absolute atomic E-state index is 0.0287. The Morgan fingerprint density at radius 1 is 1.21 bits per heavy atom. The summed E-state index contributed by atoms with van der Waals surface area (Å²) >= 11 is 9.73.